The third-order valence-corrected chi connectivity index (χ3v) is 11.5. The number of rotatable bonds is 6. The number of nitrogens with zero attached hydrogens (tertiary/aromatic N) is 1. The molecule has 3 saturated carbocycles. The van der Waals surface area contributed by atoms with Gasteiger partial charge in [-0.05, 0) is 91.9 Å². The fourth-order valence-electron chi connectivity index (χ4n) is 9.24. The van der Waals surface area contributed by atoms with Crippen molar-refractivity contribution in [1.29, 1.82) is 5.41 Å². The van der Waals surface area contributed by atoms with Crippen molar-refractivity contribution in [3.63, 3.8) is 0 Å². The quantitative estimate of drug-likeness (QED) is 0.249. The second kappa shape index (κ2) is 12.4. The molecule has 1 aliphatic heterocycles. The number of nitrogens with one attached hydrogen (secondary N) is 2. The maximum Gasteiger partial charge on any atom is 0.237 e. The number of nitrogens with two attached hydrogens (primary N) is 2. The van der Waals surface area contributed by atoms with Gasteiger partial charge in [-0.1, -0.05) is 74.6 Å². The molecule has 2 aromatic rings. The first-order valence-corrected chi connectivity index (χ1v) is 16.6. The number of hydrogen-bond acceptors (Lipinski definition) is 4. The average molecular weight is 558 g/mol. The third kappa shape index (κ3) is 5.92. The Morgan fingerprint density at radius 2 is 1.63 bits per heavy atom. The van der Waals surface area contributed by atoms with E-state index in [0.29, 0.717) is 11.8 Å². The van der Waals surface area contributed by atoms with E-state index in [1.165, 1.54) is 61.3 Å². The van der Waals surface area contributed by atoms with E-state index in [2.05, 4.69) is 52.7 Å². The summed E-state index contributed by atoms with van der Waals surface area (Å²) in [6, 6.07) is 15.9. The van der Waals surface area contributed by atoms with Gasteiger partial charge in [0.15, 0.2) is 0 Å². The van der Waals surface area contributed by atoms with Crippen LogP contribution < -0.4 is 16.8 Å². The van der Waals surface area contributed by atoms with Gasteiger partial charge in [-0.3, -0.25) is 15.1 Å². The van der Waals surface area contributed by atoms with Crippen LogP contribution in [0, 0.1) is 22.7 Å². The Morgan fingerprint density at radius 3 is 2.39 bits per heavy atom. The molecule has 6 rings (SSSR count). The van der Waals surface area contributed by atoms with Gasteiger partial charge in [0.25, 0.3) is 0 Å². The summed E-state index contributed by atoms with van der Waals surface area (Å²) >= 11 is 0. The van der Waals surface area contributed by atoms with Crippen molar-refractivity contribution >= 4 is 22.5 Å². The summed E-state index contributed by atoms with van der Waals surface area (Å²) < 4.78 is 0. The van der Waals surface area contributed by atoms with Crippen LogP contribution in [0.15, 0.2) is 42.5 Å². The van der Waals surface area contributed by atoms with E-state index in [1.54, 1.807) is 0 Å². The first kappa shape index (κ1) is 28.7. The molecule has 6 N–H and O–H groups in total. The lowest BCUT2D eigenvalue weighted by atomic mass is 9.58. The molecular weight excluding hydrogens is 506 g/mol. The number of amidine groups is 1. The van der Waals surface area contributed by atoms with E-state index in [0.717, 1.165) is 57.9 Å². The van der Waals surface area contributed by atoms with E-state index < -0.39 is 0 Å². The maximum absolute atomic E-state index is 14.3. The molecule has 4 aliphatic rings. The predicted octanol–water partition coefficient (Wildman–Crippen LogP) is 6.25. The van der Waals surface area contributed by atoms with E-state index in [4.69, 9.17) is 16.9 Å². The van der Waals surface area contributed by atoms with E-state index >= 15 is 0 Å². The molecule has 3 aliphatic carbocycles. The van der Waals surface area contributed by atoms with Gasteiger partial charge in [-0.15, -0.1) is 0 Å². The Hall–Kier alpha value is -2.44. The molecular formula is C35H51N5O. The molecule has 4 atom stereocenters. The molecule has 1 heterocycles. The first-order chi connectivity index (χ1) is 19.9. The molecule has 0 spiro atoms. The SMILES string of the molecule is N=C(N)C1CCC2(C3CCCCCCC3)CC(C(=O)NC3CCC(N)CC3)N(Cc3cccc4ccccc34)C2C1. The van der Waals surface area contributed by atoms with Crippen LogP contribution in [-0.2, 0) is 11.3 Å². The Kier molecular flexibility index (Phi) is 8.69. The highest BCUT2D eigenvalue weighted by atomic mass is 16.2. The molecule has 0 bridgehead atoms. The van der Waals surface area contributed by atoms with Crippen molar-refractivity contribution in [2.24, 2.45) is 28.7 Å². The normalized spacial score (nSPS) is 33.5. The lowest BCUT2D eigenvalue weighted by Gasteiger charge is -2.49. The molecule has 0 aromatic heterocycles. The standard InChI is InChI=1S/C35H51N5O/c36-28-15-17-29(18-16-28)39-34(41)31-22-35(27-12-4-2-1-3-5-13-27)20-19-25(33(37)38)21-32(35)40(31)23-26-11-8-10-24-9-6-7-14-30(24)26/h6-11,14,25,27-29,31-32H,1-5,12-13,15-23,36H2,(H3,37,38)(H,39,41). The molecule has 222 valence electrons. The average Bonchev–Trinajstić information content (AvgIpc) is 3.28. The molecule has 4 fully saturated rings. The minimum Gasteiger partial charge on any atom is -0.387 e. The third-order valence-electron chi connectivity index (χ3n) is 11.5. The number of carbonyl (C=O) groups excluding carboxylic acids is 1. The van der Waals surface area contributed by atoms with Crippen LogP contribution in [0.3, 0.4) is 0 Å². The largest absolute Gasteiger partial charge is 0.387 e. The number of hydrogen-bond donors (Lipinski definition) is 4. The second-order valence-corrected chi connectivity index (χ2v) is 13.9. The minimum absolute atomic E-state index is 0.110. The summed E-state index contributed by atoms with van der Waals surface area (Å²) in [6.45, 7) is 0.763. The van der Waals surface area contributed by atoms with Crippen molar-refractivity contribution in [2.75, 3.05) is 0 Å². The summed E-state index contributed by atoms with van der Waals surface area (Å²) in [4.78, 5) is 16.9. The Morgan fingerprint density at radius 1 is 0.927 bits per heavy atom. The monoisotopic (exact) mass is 557 g/mol. The molecule has 2 aromatic carbocycles. The van der Waals surface area contributed by atoms with Gasteiger partial charge < -0.3 is 16.8 Å². The van der Waals surface area contributed by atoms with Crippen LogP contribution >= 0.6 is 0 Å². The molecule has 6 nitrogen and oxygen atoms in total. The van der Waals surface area contributed by atoms with E-state index in [-0.39, 0.29) is 41.4 Å². The van der Waals surface area contributed by atoms with Gasteiger partial charge in [0, 0.05) is 30.6 Å². The van der Waals surface area contributed by atoms with E-state index in [9.17, 15) is 4.79 Å². The van der Waals surface area contributed by atoms with Gasteiger partial charge >= 0.3 is 0 Å². The predicted molar refractivity (Wildman–Crippen MR) is 168 cm³/mol. The van der Waals surface area contributed by atoms with Crippen LogP contribution in [0.4, 0.5) is 0 Å². The summed E-state index contributed by atoms with van der Waals surface area (Å²) in [6.07, 6.45) is 17.0. The highest BCUT2D eigenvalue weighted by Crippen LogP contribution is 2.58. The number of carbonyl (C=O) groups is 1. The Balaban J connectivity index is 1.37. The van der Waals surface area contributed by atoms with Crippen molar-refractivity contribution in [1.82, 2.24) is 10.2 Å². The Labute approximate surface area is 246 Å². The molecule has 1 amide bonds. The smallest absolute Gasteiger partial charge is 0.237 e. The lowest BCUT2D eigenvalue weighted by Crippen LogP contribution is -2.52. The fraction of sp³-hybridized carbons (Fsp3) is 0.657. The van der Waals surface area contributed by atoms with E-state index in [1.807, 2.05) is 0 Å². The summed E-state index contributed by atoms with van der Waals surface area (Å²) in [5.41, 5.74) is 13.8. The molecule has 0 radical (unpaired) electrons. The van der Waals surface area contributed by atoms with Crippen molar-refractivity contribution in [3.05, 3.63) is 48.0 Å². The highest BCUT2D eigenvalue weighted by Gasteiger charge is 2.59. The molecule has 4 unspecified atom stereocenters. The fourth-order valence-corrected chi connectivity index (χ4v) is 9.24. The van der Waals surface area contributed by atoms with Crippen molar-refractivity contribution in [3.8, 4) is 0 Å². The van der Waals surface area contributed by atoms with Crippen molar-refractivity contribution in [2.45, 2.75) is 127 Å². The zero-order chi connectivity index (χ0) is 28.4. The summed E-state index contributed by atoms with van der Waals surface area (Å²) in [5, 5.41) is 14.4. The second-order valence-electron chi connectivity index (χ2n) is 13.9. The van der Waals surface area contributed by atoms with Gasteiger partial charge in [-0.2, -0.15) is 0 Å². The van der Waals surface area contributed by atoms with Crippen LogP contribution in [0.25, 0.3) is 10.8 Å². The topological polar surface area (TPSA) is 108 Å². The number of amides is 1. The number of fused-ring (bicyclic) bond motifs is 2. The van der Waals surface area contributed by atoms with Gasteiger partial charge in [-0.25, -0.2) is 0 Å². The maximum atomic E-state index is 14.3. The summed E-state index contributed by atoms with van der Waals surface area (Å²) in [7, 11) is 0. The van der Waals surface area contributed by atoms with Crippen molar-refractivity contribution < 1.29 is 4.79 Å². The Bertz CT molecular complexity index is 1210. The lowest BCUT2D eigenvalue weighted by molar-refractivity contribution is -0.127. The van der Waals surface area contributed by atoms with Gasteiger partial charge in [0.1, 0.15) is 0 Å². The van der Waals surface area contributed by atoms with Crippen LogP contribution in [0.2, 0.25) is 0 Å². The van der Waals surface area contributed by atoms with Crippen LogP contribution in [-0.4, -0.2) is 40.8 Å². The minimum atomic E-state index is -0.147. The molecule has 6 heteroatoms. The highest BCUT2D eigenvalue weighted by molar-refractivity contribution is 5.86. The van der Waals surface area contributed by atoms with Gasteiger partial charge in [0.05, 0.1) is 11.9 Å². The number of benzene rings is 2. The number of likely N-dealkylation sites (tertiary alicyclic amines) is 1. The van der Waals surface area contributed by atoms with Crippen LogP contribution in [0.1, 0.15) is 102 Å². The zero-order valence-corrected chi connectivity index (χ0v) is 24.8. The zero-order valence-electron chi connectivity index (χ0n) is 24.8. The molecule has 41 heavy (non-hydrogen) atoms. The van der Waals surface area contributed by atoms with Gasteiger partial charge in [0.2, 0.25) is 5.91 Å². The van der Waals surface area contributed by atoms with Crippen LogP contribution in [0.5, 0.6) is 0 Å². The first-order valence-electron chi connectivity index (χ1n) is 16.6. The molecule has 1 saturated heterocycles. The summed E-state index contributed by atoms with van der Waals surface area (Å²) in [5.74, 6) is 1.29.